The summed E-state index contributed by atoms with van der Waals surface area (Å²) in [7, 11) is 0. The van der Waals surface area contributed by atoms with E-state index in [2.05, 4.69) is 31.3 Å². The number of carbonyl (C=O) groups excluding carboxylic acids is 1. The Morgan fingerprint density at radius 1 is 1.29 bits per heavy atom. The molecule has 2 rings (SSSR count). The van der Waals surface area contributed by atoms with Gasteiger partial charge in [-0.1, -0.05) is 32.4 Å². The van der Waals surface area contributed by atoms with Crippen molar-refractivity contribution >= 4 is 11.9 Å². The van der Waals surface area contributed by atoms with Gasteiger partial charge in [0.25, 0.3) is 0 Å². The van der Waals surface area contributed by atoms with E-state index in [4.69, 9.17) is 5.11 Å². The summed E-state index contributed by atoms with van der Waals surface area (Å²) in [5.41, 5.74) is 0. The second-order valence-electron chi connectivity index (χ2n) is 7.79. The fraction of sp³-hybridized carbons (Fsp3) is 0.800. The molecule has 0 saturated heterocycles. The second kappa shape index (κ2) is 9.24. The van der Waals surface area contributed by atoms with E-state index in [1.54, 1.807) is 0 Å². The zero-order valence-corrected chi connectivity index (χ0v) is 15.2. The largest absolute Gasteiger partial charge is 0.481 e. The summed E-state index contributed by atoms with van der Waals surface area (Å²) < 4.78 is 0. The van der Waals surface area contributed by atoms with Gasteiger partial charge < -0.3 is 10.4 Å². The first-order valence-corrected chi connectivity index (χ1v) is 9.69. The molecule has 0 spiro atoms. The molecule has 0 heterocycles. The van der Waals surface area contributed by atoms with E-state index in [-0.39, 0.29) is 18.2 Å². The third kappa shape index (κ3) is 5.09. The average Bonchev–Trinajstić information content (AvgIpc) is 3.13. The molecule has 0 aromatic rings. The van der Waals surface area contributed by atoms with Gasteiger partial charge in [0, 0.05) is 18.9 Å². The molecule has 5 atom stereocenters. The van der Waals surface area contributed by atoms with E-state index in [1.165, 1.54) is 19.3 Å². The number of rotatable bonds is 10. The van der Waals surface area contributed by atoms with Crippen molar-refractivity contribution in [3.8, 4) is 0 Å². The summed E-state index contributed by atoms with van der Waals surface area (Å²) in [5, 5.41) is 11.9. The highest BCUT2D eigenvalue weighted by Crippen LogP contribution is 2.52. The molecule has 136 valence electrons. The number of aliphatic carboxylic acids is 1. The Balaban J connectivity index is 1.85. The highest BCUT2D eigenvalue weighted by molar-refractivity contribution is 5.80. The number of carboxylic acid groups (broad SMARTS) is 1. The van der Waals surface area contributed by atoms with Gasteiger partial charge in [0.2, 0.25) is 5.91 Å². The van der Waals surface area contributed by atoms with Crippen molar-refractivity contribution in [2.75, 3.05) is 6.54 Å². The Kier molecular flexibility index (Phi) is 7.32. The van der Waals surface area contributed by atoms with E-state index in [9.17, 15) is 9.59 Å². The lowest BCUT2D eigenvalue weighted by Crippen LogP contribution is -2.39. The van der Waals surface area contributed by atoms with Crippen LogP contribution in [0.15, 0.2) is 12.2 Å². The van der Waals surface area contributed by atoms with Crippen LogP contribution in [0.5, 0.6) is 0 Å². The molecule has 2 saturated carbocycles. The predicted octanol–water partition coefficient (Wildman–Crippen LogP) is 4.01. The smallest absolute Gasteiger partial charge is 0.303 e. The van der Waals surface area contributed by atoms with Gasteiger partial charge in [0.05, 0.1) is 0 Å². The van der Waals surface area contributed by atoms with Crippen LogP contribution in [0.2, 0.25) is 0 Å². The predicted molar refractivity (Wildman–Crippen MR) is 95.5 cm³/mol. The van der Waals surface area contributed by atoms with Gasteiger partial charge in [-0.15, -0.1) is 0 Å². The van der Waals surface area contributed by atoms with Crippen LogP contribution < -0.4 is 5.32 Å². The van der Waals surface area contributed by atoms with E-state index in [0.717, 1.165) is 25.8 Å². The van der Waals surface area contributed by atoms with Gasteiger partial charge in [0.15, 0.2) is 0 Å². The van der Waals surface area contributed by atoms with Crippen LogP contribution in [0, 0.1) is 29.6 Å². The van der Waals surface area contributed by atoms with Crippen LogP contribution in [0.25, 0.3) is 0 Å². The molecule has 2 aliphatic carbocycles. The molecule has 0 radical (unpaired) electrons. The minimum absolute atomic E-state index is 0.133. The Hall–Kier alpha value is -1.32. The molecule has 2 aliphatic rings. The monoisotopic (exact) mass is 335 g/mol. The summed E-state index contributed by atoms with van der Waals surface area (Å²) in [4.78, 5) is 23.3. The van der Waals surface area contributed by atoms with Gasteiger partial charge in [-0.25, -0.2) is 0 Å². The van der Waals surface area contributed by atoms with Gasteiger partial charge in [-0.05, 0) is 62.2 Å². The lowest BCUT2D eigenvalue weighted by molar-refractivity contribution is -0.137. The molecular weight excluding hydrogens is 302 g/mol. The fourth-order valence-electron chi connectivity index (χ4n) is 4.61. The van der Waals surface area contributed by atoms with Gasteiger partial charge >= 0.3 is 5.97 Å². The molecule has 2 bridgehead atoms. The van der Waals surface area contributed by atoms with Crippen molar-refractivity contribution in [3.63, 3.8) is 0 Å². The summed E-state index contributed by atoms with van der Waals surface area (Å²) in [5.74, 6) is 1.73. The highest BCUT2D eigenvalue weighted by atomic mass is 16.4. The third-order valence-corrected chi connectivity index (χ3v) is 5.81. The lowest BCUT2D eigenvalue weighted by atomic mass is 9.78. The van der Waals surface area contributed by atoms with Crippen LogP contribution in [0.4, 0.5) is 0 Å². The molecule has 5 unspecified atom stereocenters. The molecule has 1 amide bonds. The normalized spacial score (nSPS) is 29.9. The summed E-state index contributed by atoms with van der Waals surface area (Å²) >= 11 is 0. The second-order valence-corrected chi connectivity index (χ2v) is 7.79. The van der Waals surface area contributed by atoms with Crippen LogP contribution in [-0.2, 0) is 9.59 Å². The van der Waals surface area contributed by atoms with Crippen LogP contribution in [-0.4, -0.2) is 23.5 Å². The Bertz CT molecular complexity index is 460. The van der Waals surface area contributed by atoms with Crippen molar-refractivity contribution in [3.05, 3.63) is 12.2 Å². The maximum Gasteiger partial charge on any atom is 0.303 e. The molecular formula is C20H33NO3. The number of nitrogens with one attached hydrogen (secondary N) is 1. The quantitative estimate of drug-likeness (QED) is 0.468. The standard InChI is InChI=1S/C20H33NO3/c1-3-7-14(2)13-21-20(24)19-16-11-10-15(12-16)17(19)8-5-4-6-9-18(22)23/h5,8,14-17,19H,3-4,6-7,9-13H2,1-2H3,(H,21,24)(H,22,23)/b8-5+. The summed E-state index contributed by atoms with van der Waals surface area (Å²) in [6.07, 6.45) is 11.9. The van der Waals surface area contributed by atoms with E-state index < -0.39 is 5.97 Å². The number of hydrogen-bond donors (Lipinski definition) is 2. The first kappa shape index (κ1) is 19.0. The van der Waals surface area contributed by atoms with Gasteiger partial charge in [-0.2, -0.15) is 0 Å². The molecule has 24 heavy (non-hydrogen) atoms. The van der Waals surface area contributed by atoms with Crippen molar-refractivity contribution in [2.45, 2.75) is 65.2 Å². The van der Waals surface area contributed by atoms with Crippen molar-refractivity contribution in [1.82, 2.24) is 5.32 Å². The van der Waals surface area contributed by atoms with Crippen LogP contribution in [0.1, 0.15) is 65.2 Å². The Labute approximate surface area is 146 Å². The summed E-state index contributed by atoms with van der Waals surface area (Å²) in [6.45, 7) is 5.17. The molecule has 4 heteroatoms. The highest BCUT2D eigenvalue weighted by Gasteiger charge is 2.49. The minimum atomic E-state index is -0.734. The van der Waals surface area contributed by atoms with Gasteiger partial charge in [0.1, 0.15) is 0 Å². The first-order valence-electron chi connectivity index (χ1n) is 9.69. The fourth-order valence-corrected chi connectivity index (χ4v) is 4.61. The number of unbranched alkanes of at least 4 members (excludes halogenated alkanes) is 1. The molecule has 2 fully saturated rings. The lowest BCUT2D eigenvalue weighted by Gasteiger charge is -2.28. The summed E-state index contributed by atoms with van der Waals surface area (Å²) in [6, 6.07) is 0. The molecule has 4 nitrogen and oxygen atoms in total. The van der Waals surface area contributed by atoms with Gasteiger partial charge in [-0.3, -0.25) is 9.59 Å². The number of hydrogen-bond acceptors (Lipinski definition) is 2. The van der Waals surface area contributed by atoms with Crippen LogP contribution in [0.3, 0.4) is 0 Å². The number of fused-ring (bicyclic) bond motifs is 2. The van der Waals surface area contributed by atoms with E-state index in [1.807, 2.05) is 0 Å². The zero-order chi connectivity index (χ0) is 17.5. The number of amides is 1. The number of carbonyl (C=O) groups is 2. The topological polar surface area (TPSA) is 66.4 Å². The molecule has 2 N–H and O–H groups in total. The van der Waals surface area contributed by atoms with Crippen LogP contribution >= 0.6 is 0 Å². The van der Waals surface area contributed by atoms with E-state index >= 15 is 0 Å². The minimum Gasteiger partial charge on any atom is -0.481 e. The third-order valence-electron chi connectivity index (χ3n) is 5.81. The Morgan fingerprint density at radius 2 is 2.04 bits per heavy atom. The Morgan fingerprint density at radius 3 is 2.75 bits per heavy atom. The first-order chi connectivity index (χ1) is 11.5. The maximum atomic E-state index is 12.7. The molecule has 0 aromatic heterocycles. The maximum absolute atomic E-state index is 12.7. The average molecular weight is 335 g/mol. The SMILES string of the molecule is CCCC(C)CNC(=O)C1C2CCC(C2)C1/C=C/CCCC(=O)O. The molecule has 0 aromatic carbocycles. The van der Waals surface area contributed by atoms with E-state index in [0.29, 0.717) is 30.1 Å². The van der Waals surface area contributed by atoms with Crippen molar-refractivity contribution in [2.24, 2.45) is 29.6 Å². The van der Waals surface area contributed by atoms with Crippen molar-refractivity contribution in [1.29, 1.82) is 0 Å². The number of carboxylic acids is 1. The zero-order valence-electron chi connectivity index (χ0n) is 15.2. The molecule has 0 aliphatic heterocycles. The van der Waals surface area contributed by atoms with Crippen molar-refractivity contribution < 1.29 is 14.7 Å². The number of allylic oxidation sites excluding steroid dienone is 2.